The summed E-state index contributed by atoms with van der Waals surface area (Å²) in [5.41, 5.74) is 8.98. The highest BCUT2D eigenvalue weighted by Crippen LogP contribution is 2.58. The van der Waals surface area contributed by atoms with Crippen molar-refractivity contribution in [1.82, 2.24) is 4.90 Å². The number of nitrogens with two attached hydrogens (primary N) is 1. The molecule has 2 N–H and O–H groups in total. The van der Waals surface area contributed by atoms with Crippen molar-refractivity contribution in [3.8, 4) is 0 Å². The lowest BCUT2D eigenvalue weighted by Gasteiger charge is -2.48. The minimum Gasteiger partial charge on any atom is -0.399 e. The van der Waals surface area contributed by atoms with Crippen LogP contribution >= 0.6 is 0 Å². The smallest absolute Gasteiger partial charge is 0.163 e. The molecule has 0 aromatic carbocycles. The van der Waals surface area contributed by atoms with Gasteiger partial charge in [0.2, 0.25) is 0 Å². The molecule has 122 valence electrons. The van der Waals surface area contributed by atoms with Gasteiger partial charge >= 0.3 is 0 Å². The average molecular weight is 302 g/mol. The zero-order valence-electron chi connectivity index (χ0n) is 14.8. The number of rotatable bonds is 5. The summed E-state index contributed by atoms with van der Waals surface area (Å²) in [5, 5.41) is 0. The van der Waals surface area contributed by atoms with Crippen LogP contribution in [0.25, 0.3) is 0 Å². The number of hydrogen-bond acceptors (Lipinski definition) is 2. The Morgan fingerprint density at radius 1 is 1.27 bits per heavy atom. The number of allylic oxidation sites excluding steroid dienone is 2. The van der Waals surface area contributed by atoms with E-state index in [1.807, 2.05) is 0 Å². The summed E-state index contributed by atoms with van der Waals surface area (Å²) in [6.45, 7) is 9.59. The summed E-state index contributed by atoms with van der Waals surface area (Å²) in [6, 6.07) is 0.692. The lowest BCUT2D eigenvalue weighted by molar-refractivity contribution is -0.589. The predicted octanol–water partition coefficient (Wildman–Crippen LogP) is 2.48. The van der Waals surface area contributed by atoms with E-state index in [-0.39, 0.29) is 0 Å². The van der Waals surface area contributed by atoms with Gasteiger partial charge in [-0.25, -0.2) is 4.58 Å². The van der Waals surface area contributed by atoms with Crippen LogP contribution in [0.15, 0.2) is 23.9 Å². The fraction of sp³-hybridized carbons (Fsp3) is 0.737. The van der Waals surface area contributed by atoms with E-state index in [0.717, 1.165) is 11.6 Å². The monoisotopic (exact) mass is 302 g/mol. The molecule has 0 radical (unpaired) electrons. The Morgan fingerprint density at radius 2 is 2.00 bits per heavy atom. The highest BCUT2D eigenvalue weighted by molar-refractivity contribution is 5.87. The fourth-order valence-electron chi connectivity index (χ4n) is 5.30. The van der Waals surface area contributed by atoms with Crippen molar-refractivity contribution >= 4 is 5.71 Å². The molecule has 0 bridgehead atoms. The summed E-state index contributed by atoms with van der Waals surface area (Å²) in [4.78, 5) is 2.29. The normalized spacial score (nSPS) is 35.3. The molecular formula is C19H32N3+. The molecule has 3 nitrogen and oxygen atoms in total. The molecule has 3 aliphatic rings. The zero-order valence-corrected chi connectivity index (χ0v) is 14.8. The second-order valence-electron chi connectivity index (χ2n) is 8.07. The summed E-state index contributed by atoms with van der Waals surface area (Å²) in [5.74, 6) is 2.04. The predicted molar refractivity (Wildman–Crippen MR) is 93.0 cm³/mol. The van der Waals surface area contributed by atoms with Gasteiger partial charge in [0.15, 0.2) is 11.8 Å². The topological polar surface area (TPSA) is 32.3 Å². The third-order valence-electron chi connectivity index (χ3n) is 6.14. The molecule has 3 heteroatoms. The SMILES string of the molecule is CCC1=[N+](CCCN(C)C)C2C(C3C=C(N)C=C[C@@H]32)C1(C)C. The largest absolute Gasteiger partial charge is 0.399 e. The molecule has 1 heterocycles. The van der Waals surface area contributed by atoms with E-state index in [0.29, 0.717) is 23.3 Å². The van der Waals surface area contributed by atoms with E-state index in [2.05, 4.69) is 62.6 Å². The minimum atomic E-state index is 0.306. The van der Waals surface area contributed by atoms with Crippen LogP contribution in [0.3, 0.4) is 0 Å². The van der Waals surface area contributed by atoms with Gasteiger partial charge in [-0.1, -0.05) is 19.1 Å². The summed E-state index contributed by atoms with van der Waals surface area (Å²) in [6.07, 6.45) is 9.23. The highest BCUT2D eigenvalue weighted by atomic mass is 15.1. The van der Waals surface area contributed by atoms with Crippen LogP contribution in [0, 0.1) is 23.2 Å². The molecule has 0 aromatic rings. The van der Waals surface area contributed by atoms with Gasteiger partial charge in [-0.2, -0.15) is 0 Å². The van der Waals surface area contributed by atoms with Crippen LogP contribution in [-0.4, -0.2) is 48.4 Å². The van der Waals surface area contributed by atoms with E-state index >= 15 is 0 Å². The first-order valence-electron chi connectivity index (χ1n) is 8.81. The van der Waals surface area contributed by atoms with Crippen molar-refractivity contribution in [3.63, 3.8) is 0 Å². The van der Waals surface area contributed by atoms with Gasteiger partial charge in [0, 0.05) is 42.8 Å². The van der Waals surface area contributed by atoms with E-state index in [9.17, 15) is 0 Å². The van der Waals surface area contributed by atoms with Crippen LogP contribution < -0.4 is 5.73 Å². The maximum Gasteiger partial charge on any atom is 0.163 e. The highest BCUT2D eigenvalue weighted by Gasteiger charge is 2.67. The van der Waals surface area contributed by atoms with E-state index in [1.165, 1.54) is 25.9 Å². The number of hydrogen-bond donors (Lipinski definition) is 1. The summed E-state index contributed by atoms with van der Waals surface area (Å²) in [7, 11) is 4.33. The third kappa shape index (κ3) is 2.25. The van der Waals surface area contributed by atoms with Crippen molar-refractivity contribution in [2.75, 3.05) is 27.2 Å². The summed E-state index contributed by atoms with van der Waals surface area (Å²) < 4.78 is 2.76. The number of nitrogens with zero attached hydrogens (tertiary/aromatic N) is 2. The van der Waals surface area contributed by atoms with Crippen LogP contribution in [0.2, 0.25) is 0 Å². The lowest BCUT2D eigenvalue weighted by atomic mass is 9.52. The molecule has 1 saturated carbocycles. The fourth-order valence-corrected chi connectivity index (χ4v) is 5.30. The minimum absolute atomic E-state index is 0.306. The Labute approximate surface area is 135 Å². The maximum absolute atomic E-state index is 6.06. The Balaban J connectivity index is 1.86. The Bertz CT molecular complexity index is 539. The molecule has 0 amide bonds. The molecule has 22 heavy (non-hydrogen) atoms. The lowest BCUT2D eigenvalue weighted by Crippen LogP contribution is -2.56. The third-order valence-corrected chi connectivity index (χ3v) is 6.14. The molecular weight excluding hydrogens is 270 g/mol. The van der Waals surface area contributed by atoms with Gasteiger partial charge in [0.05, 0.1) is 5.41 Å². The Hall–Kier alpha value is -1.09. The quantitative estimate of drug-likeness (QED) is 0.791. The van der Waals surface area contributed by atoms with E-state index in [4.69, 9.17) is 5.73 Å². The molecule has 1 aliphatic heterocycles. The standard InChI is InChI=1S/C19H32N3/c1-6-16-19(2,3)17-15-12-13(20)8-9-14(15)18(17)22(16)11-7-10-21(4)5/h8-9,12,14-15,17-18H,6-7,10-11,20H2,1-5H3/q+1/t14-,15?,17?,18?/m0/s1. The molecule has 4 atom stereocenters. The van der Waals surface area contributed by atoms with Crippen molar-refractivity contribution in [2.24, 2.45) is 28.9 Å². The molecule has 1 fully saturated rings. The van der Waals surface area contributed by atoms with Crippen LogP contribution in [0.1, 0.15) is 33.6 Å². The van der Waals surface area contributed by atoms with Crippen molar-refractivity contribution in [1.29, 1.82) is 0 Å². The second kappa shape index (κ2) is 5.52. The van der Waals surface area contributed by atoms with Gasteiger partial charge in [-0.05, 0) is 34.0 Å². The molecule has 0 aromatic heterocycles. The molecule has 3 unspecified atom stereocenters. The van der Waals surface area contributed by atoms with E-state index < -0.39 is 0 Å². The molecule has 2 aliphatic carbocycles. The van der Waals surface area contributed by atoms with Gasteiger partial charge in [0.1, 0.15) is 6.54 Å². The first-order valence-corrected chi connectivity index (χ1v) is 8.81. The Kier molecular flexibility index (Phi) is 3.96. The molecule has 0 spiro atoms. The summed E-state index contributed by atoms with van der Waals surface area (Å²) >= 11 is 0. The van der Waals surface area contributed by atoms with Crippen molar-refractivity contribution in [3.05, 3.63) is 23.9 Å². The Morgan fingerprint density at radius 3 is 2.64 bits per heavy atom. The van der Waals surface area contributed by atoms with Gasteiger partial charge in [-0.15, -0.1) is 0 Å². The van der Waals surface area contributed by atoms with Crippen molar-refractivity contribution < 1.29 is 4.58 Å². The first kappa shape index (κ1) is 15.8. The van der Waals surface area contributed by atoms with Crippen LogP contribution in [-0.2, 0) is 0 Å². The zero-order chi connectivity index (χ0) is 16.1. The van der Waals surface area contributed by atoms with Gasteiger partial charge < -0.3 is 10.6 Å². The second-order valence-corrected chi connectivity index (χ2v) is 8.07. The number of fused-ring (bicyclic) bond motifs is 4. The molecule has 3 rings (SSSR count). The first-order chi connectivity index (χ1) is 10.4. The maximum atomic E-state index is 6.06. The van der Waals surface area contributed by atoms with Gasteiger partial charge in [0.25, 0.3) is 0 Å². The molecule has 0 saturated heterocycles. The van der Waals surface area contributed by atoms with Gasteiger partial charge in [-0.3, -0.25) is 0 Å². The van der Waals surface area contributed by atoms with Crippen LogP contribution in [0.4, 0.5) is 0 Å². The van der Waals surface area contributed by atoms with Crippen LogP contribution in [0.5, 0.6) is 0 Å². The van der Waals surface area contributed by atoms with Crippen molar-refractivity contribution in [2.45, 2.75) is 39.7 Å². The average Bonchev–Trinajstić information content (AvgIpc) is 2.59. The van der Waals surface area contributed by atoms with E-state index in [1.54, 1.807) is 5.71 Å².